The lowest BCUT2D eigenvalue weighted by Crippen LogP contribution is -1.98. The molecule has 0 aliphatic rings. The van der Waals surface area contributed by atoms with Crippen LogP contribution in [0.4, 0.5) is 8.78 Å². The van der Waals surface area contributed by atoms with Crippen LogP contribution in [0.3, 0.4) is 0 Å². The molecule has 1 aromatic carbocycles. The molecule has 1 aromatic heterocycles. The first kappa shape index (κ1) is 10.9. The second-order valence-corrected chi connectivity index (χ2v) is 4.32. The van der Waals surface area contributed by atoms with Crippen LogP contribution in [0.15, 0.2) is 18.2 Å². The molecule has 0 fully saturated rings. The number of carboxylic acids is 1. The average Bonchev–Trinajstić information content (AvgIpc) is 2.56. The first-order valence-corrected chi connectivity index (χ1v) is 5.27. The monoisotopic (exact) mass is 243 g/mol. The van der Waals surface area contributed by atoms with Crippen molar-refractivity contribution in [2.45, 2.75) is 12.8 Å². The van der Waals surface area contributed by atoms with Gasteiger partial charge >= 0.3 is 5.97 Å². The van der Waals surface area contributed by atoms with Gasteiger partial charge in [-0.2, -0.15) is 0 Å². The number of aromatic nitrogens is 1. The molecule has 84 valence electrons. The molecule has 2 aromatic rings. The average molecular weight is 243 g/mol. The minimum absolute atomic E-state index is 0.0975. The van der Waals surface area contributed by atoms with Crippen LogP contribution in [0, 0.1) is 0 Å². The van der Waals surface area contributed by atoms with E-state index in [2.05, 4.69) is 4.98 Å². The number of hydrogen-bond acceptors (Lipinski definition) is 3. The second kappa shape index (κ2) is 4.13. The Morgan fingerprint density at radius 3 is 2.88 bits per heavy atom. The molecule has 0 spiro atoms. The van der Waals surface area contributed by atoms with Crippen molar-refractivity contribution in [2.75, 3.05) is 0 Å². The predicted molar refractivity (Wildman–Crippen MR) is 55.9 cm³/mol. The van der Waals surface area contributed by atoms with Gasteiger partial charge in [0, 0.05) is 5.56 Å². The Morgan fingerprint density at radius 1 is 1.50 bits per heavy atom. The van der Waals surface area contributed by atoms with Gasteiger partial charge in [0.25, 0.3) is 6.43 Å². The number of alkyl halides is 2. The lowest BCUT2D eigenvalue weighted by molar-refractivity contribution is -0.136. The molecule has 0 atom stereocenters. The van der Waals surface area contributed by atoms with Crippen molar-refractivity contribution in [2.24, 2.45) is 0 Å². The molecule has 1 N–H and O–H groups in total. The molecule has 0 saturated carbocycles. The Bertz CT molecular complexity index is 539. The molecule has 6 heteroatoms. The van der Waals surface area contributed by atoms with Crippen molar-refractivity contribution in [3.05, 3.63) is 28.8 Å². The Kier molecular flexibility index (Phi) is 2.82. The molecular formula is C10H7F2NO2S. The maximum absolute atomic E-state index is 12.4. The summed E-state index contributed by atoms with van der Waals surface area (Å²) in [7, 11) is 0. The third kappa shape index (κ3) is 2.16. The molecular weight excluding hydrogens is 236 g/mol. The third-order valence-corrected chi connectivity index (χ3v) is 3.05. The number of fused-ring (bicyclic) bond motifs is 1. The van der Waals surface area contributed by atoms with Crippen LogP contribution >= 0.6 is 11.3 Å². The van der Waals surface area contributed by atoms with E-state index in [1.165, 1.54) is 23.5 Å². The maximum Gasteiger partial charge on any atom is 0.310 e. The van der Waals surface area contributed by atoms with Gasteiger partial charge in [-0.05, 0) is 12.1 Å². The number of nitrogens with zero attached hydrogens (tertiary/aromatic N) is 1. The lowest BCUT2D eigenvalue weighted by atomic mass is 10.2. The standard InChI is InChI=1S/C10H7F2NO2S/c11-10(12)5-1-2-7-6(3-5)13-8(16-7)4-9(14)15/h1-3,10H,4H2,(H,14,15). The minimum Gasteiger partial charge on any atom is -0.481 e. The highest BCUT2D eigenvalue weighted by Gasteiger charge is 2.11. The number of thiazole rings is 1. The summed E-state index contributed by atoms with van der Waals surface area (Å²) in [5.41, 5.74) is 0.332. The van der Waals surface area contributed by atoms with Gasteiger partial charge in [0.2, 0.25) is 0 Å². The second-order valence-electron chi connectivity index (χ2n) is 3.21. The van der Waals surface area contributed by atoms with Crippen LogP contribution in [0.25, 0.3) is 10.2 Å². The molecule has 1 heterocycles. The van der Waals surface area contributed by atoms with E-state index in [0.717, 1.165) is 4.70 Å². The Hall–Kier alpha value is -1.56. The topological polar surface area (TPSA) is 50.2 Å². The number of rotatable bonds is 3. The van der Waals surface area contributed by atoms with E-state index < -0.39 is 12.4 Å². The lowest BCUT2D eigenvalue weighted by Gasteiger charge is -1.97. The van der Waals surface area contributed by atoms with Crippen molar-refractivity contribution in [3.8, 4) is 0 Å². The summed E-state index contributed by atoms with van der Waals surface area (Å²) >= 11 is 1.21. The zero-order valence-electron chi connectivity index (χ0n) is 7.98. The van der Waals surface area contributed by atoms with Crippen molar-refractivity contribution >= 4 is 27.5 Å². The summed E-state index contributed by atoms with van der Waals surface area (Å²) in [5.74, 6) is -0.979. The van der Waals surface area contributed by atoms with E-state index in [0.29, 0.717) is 10.5 Å². The highest BCUT2D eigenvalue weighted by molar-refractivity contribution is 7.18. The van der Waals surface area contributed by atoms with Gasteiger partial charge in [-0.1, -0.05) is 6.07 Å². The van der Waals surface area contributed by atoms with E-state index in [4.69, 9.17) is 5.11 Å². The van der Waals surface area contributed by atoms with E-state index in [-0.39, 0.29) is 12.0 Å². The molecule has 16 heavy (non-hydrogen) atoms. The molecule has 2 rings (SSSR count). The fourth-order valence-corrected chi connectivity index (χ4v) is 2.27. The number of hydrogen-bond donors (Lipinski definition) is 1. The minimum atomic E-state index is -2.53. The predicted octanol–water partition coefficient (Wildman–Crippen LogP) is 2.86. The maximum atomic E-state index is 12.4. The van der Waals surface area contributed by atoms with Crippen molar-refractivity contribution in [1.29, 1.82) is 0 Å². The quantitative estimate of drug-likeness (QED) is 0.901. The smallest absolute Gasteiger partial charge is 0.310 e. The molecule has 0 saturated heterocycles. The van der Waals surface area contributed by atoms with Gasteiger partial charge in [-0.25, -0.2) is 13.8 Å². The normalized spacial score (nSPS) is 11.2. The van der Waals surface area contributed by atoms with Crippen LogP contribution in [-0.4, -0.2) is 16.1 Å². The summed E-state index contributed by atoms with van der Waals surface area (Å²) < 4.78 is 25.5. The first-order valence-electron chi connectivity index (χ1n) is 4.45. The van der Waals surface area contributed by atoms with Crippen LogP contribution < -0.4 is 0 Å². The van der Waals surface area contributed by atoms with Crippen LogP contribution in [0.1, 0.15) is 17.0 Å². The van der Waals surface area contributed by atoms with Gasteiger partial charge in [-0.3, -0.25) is 4.79 Å². The van der Waals surface area contributed by atoms with Crippen molar-refractivity contribution in [3.63, 3.8) is 0 Å². The molecule has 0 aliphatic carbocycles. The highest BCUT2D eigenvalue weighted by Crippen LogP contribution is 2.27. The van der Waals surface area contributed by atoms with Crippen molar-refractivity contribution in [1.82, 2.24) is 4.98 Å². The van der Waals surface area contributed by atoms with Crippen LogP contribution in [0.5, 0.6) is 0 Å². The third-order valence-electron chi connectivity index (χ3n) is 2.01. The number of carbonyl (C=O) groups is 1. The molecule has 3 nitrogen and oxygen atoms in total. The largest absolute Gasteiger partial charge is 0.481 e. The summed E-state index contributed by atoms with van der Waals surface area (Å²) in [6.07, 6.45) is -2.71. The highest BCUT2D eigenvalue weighted by atomic mass is 32.1. The summed E-state index contributed by atoms with van der Waals surface area (Å²) in [4.78, 5) is 14.5. The fourth-order valence-electron chi connectivity index (χ4n) is 1.33. The SMILES string of the molecule is O=C(O)Cc1nc2cc(C(F)F)ccc2s1. The summed E-state index contributed by atoms with van der Waals surface area (Å²) in [5, 5.41) is 9.01. The van der Waals surface area contributed by atoms with Gasteiger partial charge in [0.15, 0.2) is 0 Å². The number of halogens is 2. The molecule has 0 unspecified atom stereocenters. The molecule has 0 bridgehead atoms. The van der Waals surface area contributed by atoms with E-state index >= 15 is 0 Å². The van der Waals surface area contributed by atoms with Crippen LogP contribution in [0.2, 0.25) is 0 Å². The van der Waals surface area contributed by atoms with E-state index in [1.807, 2.05) is 0 Å². The molecule has 0 aliphatic heterocycles. The summed E-state index contributed by atoms with van der Waals surface area (Å²) in [6.45, 7) is 0. The summed E-state index contributed by atoms with van der Waals surface area (Å²) in [6, 6.07) is 4.16. The molecule has 0 amide bonds. The zero-order valence-corrected chi connectivity index (χ0v) is 8.80. The van der Waals surface area contributed by atoms with E-state index in [1.54, 1.807) is 6.07 Å². The van der Waals surface area contributed by atoms with Gasteiger partial charge in [-0.15, -0.1) is 11.3 Å². The Labute approximate surface area is 93.4 Å². The van der Waals surface area contributed by atoms with Crippen molar-refractivity contribution < 1.29 is 18.7 Å². The number of carboxylic acid groups (broad SMARTS) is 1. The zero-order chi connectivity index (χ0) is 11.7. The van der Waals surface area contributed by atoms with Gasteiger partial charge in [0.1, 0.15) is 5.01 Å². The van der Waals surface area contributed by atoms with Gasteiger partial charge in [0.05, 0.1) is 16.6 Å². The number of benzene rings is 1. The van der Waals surface area contributed by atoms with E-state index in [9.17, 15) is 13.6 Å². The molecule has 0 radical (unpaired) electrons. The first-order chi connectivity index (χ1) is 7.56. The number of aliphatic carboxylic acids is 1. The Balaban J connectivity index is 2.41. The Morgan fingerprint density at radius 2 is 2.25 bits per heavy atom. The van der Waals surface area contributed by atoms with Gasteiger partial charge < -0.3 is 5.11 Å². The fraction of sp³-hybridized carbons (Fsp3) is 0.200. The van der Waals surface area contributed by atoms with Crippen LogP contribution in [-0.2, 0) is 11.2 Å².